The van der Waals surface area contributed by atoms with E-state index in [0.29, 0.717) is 25.0 Å². The summed E-state index contributed by atoms with van der Waals surface area (Å²) in [6, 6.07) is 0. The summed E-state index contributed by atoms with van der Waals surface area (Å²) in [6.45, 7) is 0. The van der Waals surface area contributed by atoms with Crippen molar-refractivity contribution in [2.45, 2.75) is 43.6 Å². The number of allylic oxidation sites excluding steroid dienone is 1. The molecule has 4 N–H and O–H groups in total. The fourth-order valence-electron chi connectivity index (χ4n) is 2.56. The molecule has 0 aliphatic heterocycles. The maximum absolute atomic E-state index is 13.0. The van der Waals surface area contributed by atoms with Crippen molar-refractivity contribution in [1.82, 2.24) is 0 Å². The van der Waals surface area contributed by atoms with Crippen LogP contribution in [0.25, 0.3) is 0 Å². The maximum atomic E-state index is 13.0. The molecule has 0 saturated heterocycles. The van der Waals surface area contributed by atoms with Crippen LogP contribution in [0.15, 0.2) is 23.9 Å². The van der Waals surface area contributed by atoms with E-state index in [1.54, 1.807) is 6.08 Å². The number of halogens is 2. The second-order valence-corrected chi connectivity index (χ2v) is 4.98. The van der Waals surface area contributed by atoms with Crippen LogP contribution >= 0.6 is 0 Å². The number of hydrogen-bond donors (Lipinski definition) is 2. The van der Waals surface area contributed by atoms with Crippen LogP contribution in [-0.4, -0.2) is 11.5 Å². The van der Waals surface area contributed by atoms with Gasteiger partial charge in [-0.05, 0) is 31.3 Å². The summed E-state index contributed by atoms with van der Waals surface area (Å²) >= 11 is 0. The molecule has 0 aromatic rings. The van der Waals surface area contributed by atoms with Crippen molar-refractivity contribution in [2.75, 3.05) is 0 Å². The first kappa shape index (κ1) is 11.6. The predicted octanol–water partition coefficient (Wildman–Crippen LogP) is 2.31. The highest BCUT2D eigenvalue weighted by Crippen LogP contribution is 2.42. The molecule has 0 radical (unpaired) electrons. The summed E-state index contributed by atoms with van der Waals surface area (Å²) in [7, 11) is 0. The molecule has 1 saturated carbocycles. The Morgan fingerprint density at radius 2 is 1.88 bits per heavy atom. The van der Waals surface area contributed by atoms with Gasteiger partial charge >= 0.3 is 0 Å². The zero-order valence-corrected chi connectivity index (χ0v) is 9.26. The molecule has 0 aromatic carbocycles. The van der Waals surface area contributed by atoms with Crippen LogP contribution in [-0.2, 0) is 0 Å². The van der Waals surface area contributed by atoms with Crippen molar-refractivity contribution < 1.29 is 8.78 Å². The van der Waals surface area contributed by atoms with E-state index in [9.17, 15) is 8.78 Å². The first-order valence-corrected chi connectivity index (χ1v) is 5.73. The topological polar surface area (TPSA) is 52.0 Å². The number of alkyl halides is 2. The molecule has 0 heterocycles. The zero-order valence-electron chi connectivity index (χ0n) is 9.26. The molecule has 0 amide bonds. The summed E-state index contributed by atoms with van der Waals surface area (Å²) in [5.74, 6) is -2.34. The molecule has 4 heteroatoms. The third-order valence-electron chi connectivity index (χ3n) is 3.75. The van der Waals surface area contributed by atoms with Gasteiger partial charge in [0.2, 0.25) is 5.92 Å². The second kappa shape index (κ2) is 3.84. The van der Waals surface area contributed by atoms with Crippen LogP contribution in [0.2, 0.25) is 0 Å². The average Bonchev–Trinajstić information content (AvgIpc) is 2.22. The van der Waals surface area contributed by atoms with Gasteiger partial charge in [-0.15, -0.1) is 0 Å². The van der Waals surface area contributed by atoms with Gasteiger partial charge in [0.15, 0.2) is 0 Å². The normalized spacial score (nSPS) is 34.8. The lowest BCUT2D eigenvalue weighted by Crippen LogP contribution is -2.48. The van der Waals surface area contributed by atoms with Gasteiger partial charge in [-0.25, -0.2) is 8.78 Å². The fraction of sp³-hybridized carbons (Fsp3) is 0.667. The Balaban J connectivity index is 2.02. The molecule has 0 bridgehead atoms. The maximum Gasteiger partial charge on any atom is 0.248 e. The molecule has 90 valence electrons. The van der Waals surface area contributed by atoms with Crippen LogP contribution in [0.3, 0.4) is 0 Å². The largest absolute Gasteiger partial charge is 0.399 e. The SMILES string of the molecule is NC1=CCC(N)(C2CCC(F)(F)CC2)C=C1. The van der Waals surface area contributed by atoms with Crippen LogP contribution < -0.4 is 11.5 Å². The fourth-order valence-corrected chi connectivity index (χ4v) is 2.56. The Labute approximate surface area is 94.4 Å². The molecular weight excluding hydrogens is 210 g/mol. The minimum Gasteiger partial charge on any atom is -0.399 e. The number of rotatable bonds is 1. The van der Waals surface area contributed by atoms with Gasteiger partial charge < -0.3 is 11.5 Å². The van der Waals surface area contributed by atoms with Crippen LogP contribution in [0.5, 0.6) is 0 Å². The van der Waals surface area contributed by atoms with Crippen molar-refractivity contribution in [3.63, 3.8) is 0 Å². The van der Waals surface area contributed by atoms with E-state index in [2.05, 4.69) is 0 Å². The molecular formula is C12H18F2N2. The summed E-state index contributed by atoms with van der Waals surface area (Å²) in [5.41, 5.74) is 12.1. The highest BCUT2D eigenvalue weighted by molar-refractivity contribution is 5.27. The first-order chi connectivity index (χ1) is 7.41. The van der Waals surface area contributed by atoms with E-state index in [1.807, 2.05) is 12.2 Å². The van der Waals surface area contributed by atoms with E-state index in [0.717, 1.165) is 0 Å². The van der Waals surface area contributed by atoms with Gasteiger partial charge in [0, 0.05) is 24.1 Å². The molecule has 2 aliphatic rings. The van der Waals surface area contributed by atoms with Crippen molar-refractivity contribution in [2.24, 2.45) is 17.4 Å². The molecule has 2 aliphatic carbocycles. The lowest BCUT2D eigenvalue weighted by Gasteiger charge is -2.40. The van der Waals surface area contributed by atoms with Crippen LogP contribution in [0, 0.1) is 5.92 Å². The smallest absolute Gasteiger partial charge is 0.248 e. The quantitative estimate of drug-likeness (QED) is 0.723. The Hall–Kier alpha value is -0.900. The molecule has 1 atom stereocenters. The number of nitrogens with two attached hydrogens (primary N) is 2. The van der Waals surface area contributed by atoms with Crippen molar-refractivity contribution in [1.29, 1.82) is 0 Å². The molecule has 16 heavy (non-hydrogen) atoms. The van der Waals surface area contributed by atoms with Gasteiger partial charge in [0.05, 0.1) is 0 Å². The molecule has 2 nitrogen and oxygen atoms in total. The lowest BCUT2D eigenvalue weighted by atomic mass is 9.71. The van der Waals surface area contributed by atoms with Crippen LogP contribution in [0.4, 0.5) is 8.78 Å². The average molecular weight is 228 g/mol. The van der Waals surface area contributed by atoms with E-state index in [-0.39, 0.29) is 18.8 Å². The monoisotopic (exact) mass is 228 g/mol. The Bertz CT molecular complexity index is 326. The molecule has 1 unspecified atom stereocenters. The minimum atomic E-state index is -2.49. The van der Waals surface area contributed by atoms with Gasteiger partial charge in [0.1, 0.15) is 0 Å². The second-order valence-electron chi connectivity index (χ2n) is 4.98. The summed E-state index contributed by atoms with van der Waals surface area (Å²) in [4.78, 5) is 0. The molecule has 2 rings (SSSR count). The third-order valence-corrected chi connectivity index (χ3v) is 3.75. The Kier molecular flexibility index (Phi) is 2.78. The van der Waals surface area contributed by atoms with Gasteiger partial charge in [-0.3, -0.25) is 0 Å². The standard InChI is InChI=1S/C12H18F2N2/c13-12(14)7-1-9(2-8-12)11(16)5-3-10(15)4-6-11/h3-5,9H,1-2,6-8,15-16H2. The summed E-state index contributed by atoms with van der Waals surface area (Å²) in [5, 5.41) is 0. The third kappa shape index (κ3) is 2.26. The highest BCUT2D eigenvalue weighted by atomic mass is 19.3. The van der Waals surface area contributed by atoms with Gasteiger partial charge in [-0.1, -0.05) is 12.2 Å². The summed E-state index contributed by atoms with van der Waals surface area (Å²) in [6.07, 6.45) is 7.14. The van der Waals surface area contributed by atoms with E-state index in [1.165, 1.54) is 0 Å². The number of hydrogen-bond acceptors (Lipinski definition) is 2. The zero-order chi connectivity index (χ0) is 11.8. The van der Waals surface area contributed by atoms with Crippen molar-refractivity contribution in [3.8, 4) is 0 Å². The molecule has 1 fully saturated rings. The predicted molar refractivity (Wildman–Crippen MR) is 59.9 cm³/mol. The minimum absolute atomic E-state index is 0.0380. The summed E-state index contributed by atoms with van der Waals surface area (Å²) < 4.78 is 26.1. The van der Waals surface area contributed by atoms with E-state index in [4.69, 9.17) is 11.5 Å². The van der Waals surface area contributed by atoms with E-state index >= 15 is 0 Å². The van der Waals surface area contributed by atoms with Gasteiger partial charge in [-0.2, -0.15) is 0 Å². The molecule has 0 spiro atoms. The Morgan fingerprint density at radius 1 is 1.25 bits per heavy atom. The van der Waals surface area contributed by atoms with E-state index < -0.39 is 11.5 Å². The van der Waals surface area contributed by atoms with Crippen molar-refractivity contribution in [3.05, 3.63) is 23.9 Å². The van der Waals surface area contributed by atoms with Crippen LogP contribution in [0.1, 0.15) is 32.1 Å². The first-order valence-electron chi connectivity index (χ1n) is 5.73. The van der Waals surface area contributed by atoms with Crippen molar-refractivity contribution >= 4 is 0 Å². The Morgan fingerprint density at radius 3 is 2.38 bits per heavy atom. The van der Waals surface area contributed by atoms with Gasteiger partial charge in [0.25, 0.3) is 0 Å². The highest BCUT2D eigenvalue weighted by Gasteiger charge is 2.41. The molecule has 0 aromatic heterocycles. The lowest BCUT2D eigenvalue weighted by molar-refractivity contribution is -0.0517.